The zero-order valence-corrected chi connectivity index (χ0v) is 17.2. The van der Waals surface area contributed by atoms with Crippen molar-refractivity contribution in [3.05, 3.63) is 95.2 Å². The fourth-order valence-electron chi connectivity index (χ4n) is 3.64. The van der Waals surface area contributed by atoms with Crippen molar-refractivity contribution in [1.29, 1.82) is 0 Å². The monoisotopic (exact) mass is 409 g/mol. The van der Waals surface area contributed by atoms with Gasteiger partial charge in [0.1, 0.15) is 5.69 Å². The molecule has 0 aliphatic heterocycles. The van der Waals surface area contributed by atoms with Gasteiger partial charge in [-0.1, -0.05) is 18.7 Å². The molecule has 30 heavy (non-hydrogen) atoms. The van der Waals surface area contributed by atoms with Crippen molar-refractivity contribution in [2.24, 2.45) is 0 Å². The van der Waals surface area contributed by atoms with E-state index in [1.54, 1.807) is 17.5 Å². The average Bonchev–Trinajstić information content (AvgIpc) is 3.52. The Morgan fingerprint density at radius 2 is 2.13 bits per heavy atom. The summed E-state index contributed by atoms with van der Waals surface area (Å²) in [4.78, 5) is 12.3. The Bertz CT molecular complexity index is 1360. The Balaban J connectivity index is 1.62. The van der Waals surface area contributed by atoms with E-state index in [1.807, 2.05) is 30.6 Å². The number of aryl methyl sites for hydroxylation is 1. The van der Waals surface area contributed by atoms with Crippen molar-refractivity contribution >= 4 is 27.8 Å². The van der Waals surface area contributed by atoms with Gasteiger partial charge in [-0.25, -0.2) is 0 Å². The molecule has 0 saturated heterocycles. The largest absolute Gasteiger partial charge is 0.357 e. The van der Waals surface area contributed by atoms with Crippen LogP contribution in [0.5, 0.6) is 0 Å². The Morgan fingerprint density at radius 3 is 2.90 bits per heavy atom. The maximum Gasteiger partial charge on any atom is 0.116 e. The van der Waals surface area contributed by atoms with Crippen molar-refractivity contribution < 1.29 is 0 Å². The maximum absolute atomic E-state index is 4.57. The Labute approximate surface area is 177 Å². The topological polar surface area (TPSA) is 70.2 Å². The molecule has 0 aliphatic rings. The van der Waals surface area contributed by atoms with Crippen LogP contribution in [0.3, 0.4) is 0 Å². The molecular weight excluding hydrogens is 390 g/mol. The van der Waals surface area contributed by atoms with Gasteiger partial charge in [-0.3, -0.25) is 15.1 Å². The summed E-state index contributed by atoms with van der Waals surface area (Å²) in [5.74, 6) is 0. The molecule has 5 aromatic heterocycles. The molecular formula is C24H19N5S. The van der Waals surface area contributed by atoms with E-state index in [0.717, 1.165) is 50.4 Å². The van der Waals surface area contributed by atoms with E-state index in [0.29, 0.717) is 0 Å². The molecule has 5 nitrogen and oxygen atoms in total. The first kappa shape index (κ1) is 18.3. The summed E-state index contributed by atoms with van der Waals surface area (Å²) in [5.41, 5.74) is 9.12. The number of nitrogens with zero attached hydrogens (tertiary/aromatic N) is 3. The molecule has 0 saturated carbocycles. The Kier molecular flexibility index (Phi) is 4.61. The van der Waals surface area contributed by atoms with Crippen LogP contribution in [0.2, 0.25) is 0 Å². The lowest BCUT2D eigenvalue weighted by Crippen LogP contribution is -1.86. The lowest BCUT2D eigenvalue weighted by Gasteiger charge is -2.04. The molecule has 0 radical (unpaired) electrons. The summed E-state index contributed by atoms with van der Waals surface area (Å²) in [6, 6.07) is 10.3. The number of aromatic nitrogens is 5. The van der Waals surface area contributed by atoms with Crippen LogP contribution < -0.4 is 0 Å². The number of nitrogens with one attached hydrogen (secondary N) is 2. The highest BCUT2D eigenvalue weighted by molar-refractivity contribution is 7.08. The Morgan fingerprint density at radius 1 is 1.20 bits per heavy atom. The number of allylic oxidation sites excluding steroid dienone is 2. The SMILES string of the molecule is C=C/C=C(/c1ccsc1)c1cc(-c2n[nH]c3cnc(-c4cccnc4)cc23)[nH]c1C. The minimum atomic E-state index is 0.868. The Hall–Kier alpha value is -3.77. The van der Waals surface area contributed by atoms with Crippen LogP contribution in [0.15, 0.2) is 78.4 Å². The van der Waals surface area contributed by atoms with E-state index in [4.69, 9.17) is 0 Å². The van der Waals surface area contributed by atoms with Gasteiger partial charge in [0.05, 0.1) is 23.1 Å². The number of aromatic amines is 2. The summed E-state index contributed by atoms with van der Waals surface area (Å²) in [6.45, 7) is 5.97. The highest BCUT2D eigenvalue weighted by Gasteiger charge is 2.16. The van der Waals surface area contributed by atoms with Crippen LogP contribution in [0, 0.1) is 6.92 Å². The zero-order chi connectivity index (χ0) is 20.5. The second-order valence-electron chi connectivity index (χ2n) is 6.98. The molecule has 0 spiro atoms. The lowest BCUT2D eigenvalue weighted by atomic mass is 10.00. The smallest absolute Gasteiger partial charge is 0.116 e. The highest BCUT2D eigenvalue weighted by Crippen LogP contribution is 2.34. The number of pyridine rings is 2. The van der Waals surface area contributed by atoms with Crippen molar-refractivity contribution in [1.82, 2.24) is 25.1 Å². The minimum absolute atomic E-state index is 0.868. The molecule has 5 rings (SSSR count). The third-order valence-electron chi connectivity index (χ3n) is 5.08. The van der Waals surface area contributed by atoms with Crippen molar-refractivity contribution in [2.75, 3.05) is 0 Å². The predicted octanol–water partition coefficient (Wildman–Crippen LogP) is 6.00. The molecule has 0 bridgehead atoms. The number of hydrogen-bond acceptors (Lipinski definition) is 4. The highest BCUT2D eigenvalue weighted by atomic mass is 32.1. The van der Waals surface area contributed by atoms with Gasteiger partial charge in [0.15, 0.2) is 0 Å². The fraction of sp³-hybridized carbons (Fsp3) is 0.0417. The molecule has 6 heteroatoms. The van der Waals surface area contributed by atoms with Crippen LogP contribution in [0.1, 0.15) is 16.8 Å². The summed E-state index contributed by atoms with van der Waals surface area (Å²) in [7, 11) is 0. The molecule has 5 aromatic rings. The molecule has 0 aromatic carbocycles. The number of hydrogen-bond donors (Lipinski definition) is 2. The molecule has 146 valence electrons. The zero-order valence-electron chi connectivity index (χ0n) is 16.4. The van der Waals surface area contributed by atoms with E-state index in [1.165, 1.54) is 5.56 Å². The number of fused-ring (bicyclic) bond motifs is 1. The van der Waals surface area contributed by atoms with Crippen molar-refractivity contribution in [2.45, 2.75) is 6.92 Å². The number of rotatable bonds is 5. The van der Waals surface area contributed by atoms with E-state index >= 15 is 0 Å². The van der Waals surface area contributed by atoms with Crippen LogP contribution in [-0.4, -0.2) is 25.1 Å². The van der Waals surface area contributed by atoms with Crippen molar-refractivity contribution in [3.63, 3.8) is 0 Å². The van der Waals surface area contributed by atoms with E-state index in [2.05, 4.69) is 73.7 Å². The van der Waals surface area contributed by atoms with Gasteiger partial charge in [-0.05, 0) is 59.2 Å². The molecule has 0 amide bonds. The van der Waals surface area contributed by atoms with Gasteiger partial charge in [-0.2, -0.15) is 16.4 Å². The van der Waals surface area contributed by atoms with Gasteiger partial charge in [0.25, 0.3) is 0 Å². The average molecular weight is 410 g/mol. The van der Waals surface area contributed by atoms with Crippen LogP contribution in [0.4, 0.5) is 0 Å². The lowest BCUT2D eigenvalue weighted by molar-refractivity contribution is 1.11. The van der Waals surface area contributed by atoms with Gasteiger partial charge >= 0.3 is 0 Å². The molecule has 2 N–H and O–H groups in total. The molecule has 0 fully saturated rings. The fourth-order valence-corrected chi connectivity index (χ4v) is 4.29. The quantitative estimate of drug-likeness (QED) is 0.350. The molecule has 0 unspecified atom stereocenters. The first-order valence-electron chi connectivity index (χ1n) is 9.55. The van der Waals surface area contributed by atoms with E-state index < -0.39 is 0 Å². The normalized spacial score (nSPS) is 11.8. The van der Waals surface area contributed by atoms with E-state index in [9.17, 15) is 0 Å². The second-order valence-corrected chi connectivity index (χ2v) is 7.76. The van der Waals surface area contributed by atoms with Gasteiger partial charge in [0.2, 0.25) is 0 Å². The minimum Gasteiger partial charge on any atom is -0.357 e. The molecule has 0 atom stereocenters. The first-order chi connectivity index (χ1) is 14.7. The van der Waals surface area contributed by atoms with Crippen molar-refractivity contribution in [3.8, 4) is 22.6 Å². The maximum atomic E-state index is 4.57. The van der Waals surface area contributed by atoms with Gasteiger partial charge in [-0.15, -0.1) is 0 Å². The first-order valence-corrected chi connectivity index (χ1v) is 10.5. The van der Waals surface area contributed by atoms with E-state index in [-0.39, 0.29) is 0 Å². The summed E-state index contributed by atoms with van der Waals surface area (Å²) >= 11 is 1.69. The molecule has 5 heterocycles. The summed E-state index contributed by atoms with van der Waals surface area (Å²) in [6.07, 6.45) is 9.28. The summed E-state index contributed by atoms with van der Waals surface area (Å²) < 4.78 is 0. The summed E-state index contributed by atoms with van der Waals surface area (Å²) in [5, 5.41) is 12.9. The van der Waals surface area contributed by atoms with Gasteiger partial charge < -0.3 is 4.98 Å². The second kappa shape index (κ2) is 7.57. The third-order valence-corrected chi connectivity index (χ3v) is 5.76. The van der Waals surface area contributed by atoms with Crippen LogP contribution in [-0.2, 0) is 0 Å². The third kappa shape index (κ3) is 3.17. The van der Waals surface area contributed by atoms with Gasteiger partial charge in [0, 0.05) is 34.6 Å². The van der Waals surface area contributed by atoms with Crippen LogP contribution in [0.25, 0.3) is 39.1 Å². The number of thiophene rings is 1. The number of H-pyrrole nitrogens is 2. The predicted molar refractivity (Wildman–Crippen MR) is 123 cm³/mol. The molecule has 0 aliphatic carbocycles. The van der Waals surface area contributed by atoms with Crippen LogP contribution >= 0.6 is 11.3 Å². The standard InChI is InChI=1S/C24H19N5S/c1-3-5-18(17-7-9-30-14-17)19-10-22(27-15(19)2)24-20-11-21(16-6-4-8-25-12-16)26-13-23(20)28-29-24/h3-14,27H,1H2,2H3,(H,28,29)/b18-5-.